The van der Waals surface area contributed by atoms with Crippen LogP contribution in [0.25, 0.3) is 0 Å². The summed E-state index contributed by atoms with van der Waals surface area (Å²) in [7, 11) is 0. The van der Waals surface area contributed by atoms with E-state index in [1.54, 1.807) is 11.3 Å². The summed E-state index contributed by atoms with van der Waals surface area (Å²) in [6.45, 7) is 4.38. The molecule has 0 spiro atoms. The van der Waals surface area contributed by atoms with Crippen molar-refractivity contribution in [2.24, 2.45) is 0 Å². The van der Waals surface area contributed by atoms with Crippen LogP contribution in [0.2, 0.25) is 0 Å². The summed E-state index contributed by atoms with van der Waals surface area (Å²) < 4.78 is 5.41. The van der Waals surface area contributed by atoms with Crippen LogP contribution in [0.3, 0.4) is 0 Å². The lowest BCUT2D eigenvalue weighted by Gasteiger charge is -2.20. The first-order valence-corrected chi connectivity index (χ1v) is 8.98. The summed E-state index contributed by atoms with van der Waals surface area (Å²) in [6.07, 6.45) is 2.12. The average molecular weight is 330 g/mol. The lowest BCUT2D eigenvalue weighted by atomic mass is 9.97. The number of nitrogens with one attached hydrogen (secondary N) is 1. The Morgan fingerprint density at radius 3 is 2.83 bits per heavy atom. The van der Waals surface area contributed by atoms with Crippen molar-refractivity contribution in [3.8, 4) is 0 Å². The van der Waals surface area contributed by atoms with Crippen molar-refractivity contribution >= 4 is 17.2 Å². The molecule has 0 unspecified atom stereocenters. The van der Waals surface area contributed by atoms with E-state index in [2.05, 4.69) is 17.6 Å². The summed E-state index contributed by atoms with van der Waals surface area (Å²) in [5, 5.41) is 6.26. The summed E-state index contributed by atoms with van der Waals surface area (Å²) in [5.41, 5.74) is 1.89. The Bertz CT molecular complexity index is 635. The standard InChI is InChI=1S/C18H22N2O2S/c1-13(11-19-17(21)15-5-3-2-4-6-15)18-20-16(12-23-18)14-7-9-22-10-8-14/h2-6,12-14H,7-11H2,1H3,(H,19,21)/t13-/m1/s1. The summed E-state index contributed by atoms with van der Waals surface area (Å²) in [5.74, 6) is 0.722. The van der Waals surface area contributed by atoms with E-state index in [4.69, 9.17) is 9.72 Å². The molecular formula is C18H22N2O2S. The molecule has 1 atom stereocenters. The largest absolute Gasteiger partial charge is 0.381 e. The average Bonchev–Trinajstić information content (AvgIpc) is 3.11. The Morgan fingerprint density at radius 1 is 1.35 bits per heavy atom. The zero-order chi connectivity index (χ0) is 16.1. The van der Waals surface area contributed by atoms with E-state index >= 15 is 0 Å². The van der Waals surface area contributed by atoms with E-state index in [0.717, 1.165) is 31.1 Å². The topological polar surface area (TPSA) is 51.2 Å². The van der Waals surface area contributed by atoms with Crippen LogP contribution in [0, 0.1) is 0 Å². The third-order valence-corrected chi connectivity index (χ3v) is 5.30. The van der Waals surface area contributed by atoms with Crippen LogP contribution in [-0.2, 0) is 4.74 Å². The van der Waals surface area contributed by atoms with Crippen LogP contribution in [0.1, 0.15) is 52.7 Å². The summed E-state index contributed by atoms with van der Waals surface area (Å²) in [4.78, 5) is 16.9. The molecule has 1 aliphatic heterocycles. The number of ether oxygens (including phenoxy) is 1. The number of aromatic nitrogens is 1. The number of carbonyl (C=O) groups is 1. The molecule has 0 bridgehead atoms. The van der Waals surface area contributed by atoms with Gasteiger partial charge in [-0.2, -0.15) is 0 Å². The molecule has 1 aromatic carbocycles. The molecule has 0 aliphatic carbocycles. The quantitative estimate of drug-likeness (QED) is 0.912. The molecule has 5 heteroatoms. The minimum atomic E-state index is -0.0290. The predicted molar refractivity (Wildman–Crippen MR) is 92.1 cm³/mol. The Hall–Kier alpha value is -1.72. The van der Waals surface area contributed by atoms with E-state index in [1.165, 1.54) is 5.69 Å². The predicted octanol–water partition coefficient (Wildman–Crippen LogP) is 3.57. The molecule has 1 aromatic heterocycles. The minimum Gasteiger partial charge on any atom is -0.381 e. The molecule has 122 valence electrons. The monoisotopic (exact) mass is 330 g/mol. The Labute approximate surface area is 140 Å². The third-order valence-electron chi connectivity index (χ3n) is 4.21. The first-order chi connectivity index (χ1) is 11.2. The van der Waals surface area contributed by atoms with Crippen LogP contribution in [-0.4, -0.2) is 30.6 Å². The lowest BCUT2D eigenvalue weighted by molar-refractivity contribution is 0.0845. The van der Waals surface area contributed by atoms with Crippen LogP contribution in [0.5, 0.6) is 0 Å². The number of hydrogen-bond donors (Lipinski definition) is 1. The van der Waals surface area contributed by atoms with Crippen LogP contribution >= 0.6 is 11.3 Å². The molecule has 23 heavy (non-hydrogen) atoms. The number of benzene rings is 1. The van der Waals surface area contributed by atoms with Crippen molar-refractivity contribution in [1.29, 1.82) is 0 Å². The van der Waals surface area contributed by atoms with E-state index in [0.29, 0.717) is 18.0 Å². The molecule has 4 nitrogen and oxygen atoms in total. The van der Waals surface area contributed by atoms with Gasteiger partial charge in [0, 0.05) is 42.5 Å². The zero-order valence-electron chi connectivity index (χ0n) is 13.3. The Kier molecular flexibility index (Phi) is 5.41. The van der Waals surface area contributed by atoms with Crippen molar-refractivity contribution in [3.05, 3.63) is 52.0 Å². The lowest BCUT2D eigenvalue weighted by Crippen LogP contribution is -2.27. The van der Waals surface area contributed by atoms with Gasteiger partial charge in [-0.1, -0.05) is 25.1 Å². The molecule has 1 amide bonds. The number of thiazole rings is 1. The molecule has 1 saturated heterocycles. The molecule has 0 radical (unpaired) electrons. The van der Waals surface area contributed by atoms with Gasteiger partial charge in [-0.05, 0) is 25.0 Å². The maximum absolute atomic E-state index is 12.1. The van der Waals surface area contributed by atoms with E-state index < -0.39 is 0 Å². The second-order valence-corrected chi connectivity index (χ2v) is 6.86. The van der Waals surface area contributed by atoms with Gasteiger partial charge in [0.25, 0.3) is 5.91 Å². The normalized spacial score (nSPS) is 16.9. The van der Waals surface area contributed by atoms with Gasteiger partial charge in [0.1, 0.15) is 0 Å². The molecule has 1 aliphatic rings. The molecule has 2 heterocycles. The maximum atomic E-state index is 12.1. The van der Waals surface area contributed by atoms with Crippen molar-refractivity contribution in [3.63, 3.8) is 0 Å². The van der Waals surface area contributed by atoms with Crippen molar-refractivity contribution in [2.75, 3.05) is 19.8 Å². The van der Waals surface area contributed by atoms with Crippen LogP contribution in [0.15, 0.2) is 35.7 Å². The van der Waals surface area contributed by atoms with Crippen LogP contribution in [0.4, 0.5) is 0 Å². The maximum Gasteiger partial charge on any atom is 0.251 e. The molecule has 1 N–H and O–H groups in total. The highest BCUT2D eigenvalue weighted by atomic mass is 32.1. The highest BCUT2D eigenvalue weighted by Crippen LogP contribution is 2.30. The van der Waals surface area contributed by atoms with Crippen molar-refractivity contribution in [1.82, 2.24) is 10.3 Å². The first-order valence-electron chi connectivity index (χ1n) is 8.10. The van der Waals surface area contributed by atoms with Crippen molar-refractivity contribution < 1.29 is 9.53 Å². The minimum absolute atomic E-state index is 0.0290. The van der Waals surface area contributed by atoms with Gasteiger partial charge in [0.15, 0.2) is 0 Å². The van der Waals surface area contributed by atoms with E-state index in [-0.39, 0.29) is 11.8 Å². The SMILES string of the molecule is C[C@H](CNC(=O)c1ccccc1)c1nc(C2CCOCC2)cs1. The second kappa shape index (κ2) is 7.70. The smallest absolute Gasteiger partial charge is 0.251 e. The highest BCUT2D eigenvalue weighted by Gasteiger charge is 2.20. The Balaban J connectivity index is 1.55. The fraction of sp³-hybridized carbons (Fsp3) is 0.444. The van der Waals surface area contributed by atoms with Gasteiger partial charge in [0.2, 0.25) is 0 Å². The number of rotatable bonds is 5. The summed E-state index contributed by atoms with van der Waals surface area (Å²) >= 11 is 1.70. The number of nitrogens with zero attached hydrogens (tertiary/aromatic N) is 1. The van der Waals surface area contributed by atoms with Gasteiger partial charge < -0.3 is 10.1 Å². The molecule has 2 aromatic rings. The van der Waals surface area contributed by atoms with Gasteiger partial charge in [-0.15, -0.1) is 11.3 Å². The van der Waals surface area contributed by atoms with Crippen molar-refractivity contribution in [2.45, 2.75) is 31.6 Å². The molecule has 1 fully saturated rings. The number of carbonyl (C=O) groups excluding carboxylic acids is 1. The van der Waals surface area contributed by atoms with Gasteiger partial charge in [-0.3, -0.25) is 4.79 Å². The van der Waals surface area contributed by atoms with E-state index in [1.807, 2.05) is 30.3 Å². The van der Waals surface area contributed by atoms with Crippen LogP contribution < -0.4 is 5.32 Å². The molecular weight excluding hydrogens is 308 g/mol. The molecule has 0 saturated carbocycles. The second-order valence-electron chi connectivity index (χ2n) is 5.97. The fourth-order valence-electron chi connectivity index (χ4n) is 2.73. The zero-order valence-corrected chi connectivity index (χ0v) is 14.1. The number of hydrogen-bond acceptors (Lipinski definition) is 4. The van der Waals surface area contributed by atoms with Gasteiger partial charge in [-0.25, -0.2) is 4.98 Å². The fourth-order valence-corrected chi connectivity index (χ4v) is 3.69. The first kappa shape index (κ1) is 16.1. The molecule has 3 rings (SSSR count). The van der Waals surface area contributed by atoms with Gasteiger partial charge >= 0.3 is 0 Å². The highest BCUT2D eigenvalue weighted by molar-refractivity contribution is 7.09. The van der Waals surface area contributed by atoms with Gasteiger partial charge in [0.05, 0.1) is 10.7 Å². The Morgan fingerprint density at radius 2 is 2.09 bits per heavy atom. The number of amides is 1. The van der Waals surface area contributed by atoms with E-state index in [9.17, 15) is 4.79 Å². The third kappa shape index (κ3) is 4.18. The summed E-state index contributed by atoms with van der Waals surface area (Å²) in [6, 6.07) is 9.31.